The Morgan fingerprint density at radius 2 is 1.92 bits per heavy atom. The van der Waals surface area contributed by atoms with Gasteiger partial charge in [0.25, 0.3) is 0 Å². The van der Waals surface area contributed by atoms with Crippen molar-refractivity contribution in [2.75, 3.05) is 19.6 Å². The highest BCUT2D eigenvalue weighted by Gasteiger charge is 2.41. The largest absolute Gasteiger partial charge is 0.393 e. The Labute approximate surface area is 80.9 Å². The van der Waals surface area contributed by atoms with Crippen molar-refractivity contribution in [2.24, 2.45) is 11.7 Å². The first kappa shape index (κ1) is 11.0. The third kappa shape index (κ3) is 2.66. The Kier molecular flexibility index (Phi) is 3.33. The second-order valence-corrected chi connectivity index (χ2v) is 4.74. The molecule has 1 heterocycles. The van der Waals surface area contributed by atoms with Gasteiger partial charge in [0.1, 0.15) is 0 Å². The average molecular weight is 186 g/mol. The molecule has 1 rings (SSSR count). The van der Waals surface area contributed by atoms with Gasteiger partial charge in [-0.2, -0.15) is 0 Å². The molecule has 13 heavy (non-hydrogen) atoms. The van der Waals surface area contributed by atoms with Gasteiger partial charge in [-0.1, -0.05) is 13.8 Å². The smallest absolute Gasteiger partial charge is 0.0524 e. The molecule has 78 valence electrons. The Bertz CT molecular complexity index is 162. The van der Waals surface area contributed by atoms with Gasteiger partial charge in [0.2, 0.25) is 0 Å². The second-order valence-electron chi connectivity index (χ2n) is 4.74. The van der Waals surface area contributed by atoms with Crippen molar-refractivity contribution in [3.05, 3.63) is 0 Å². The normalized spacial score (nSPS) is 24.5. The molecule has 0 spiro atoms. The van der Waals surface area contributed by atoms with Gasteiger partial charge in [-0.15, -0.1) is 0 Å². The van der Waals surface area contributed by atoms with Gasteiger partial charge < -0.3 is 10.8 Å². The molecule has 1 fully saturated rings. The predicted molar refractivity (Wildman–Crippen MR) is 54.5 cm³/mol. The van der Waals surface area contributed by atoms with Gasteiger partial charge in [0.05, 0.1) is 6.10 Å². The number of hydrogen-bond acceptors (Lipinski definition) is 3. The minimum atomic E-state index is -0.188. The fraction of sp³-hybridized carbons (Fsp3) is 1.00. The molecule has 0 bridgehead atoms. The summed E-state index contributed by atoms with van der Waals surface area (Å²) in [5.74, 6) is 0.551. The summed E-state index contributed by atoms with van der Waals surface area (Å²) in [5.41, 5.74) is 6.16. The number of rotatable bonds is 4. The van der Waals surface area contributed by atoms with E-state index in [9.17, 15) is 0 Å². The van der Waals surface area contributed by atoms with E-state index in [1.165, 1.54) is 0 Å². The summed E-state index contributed by atoms with van der Waals surface area (Å²) in [6.07, 6.45) is 0.667. The van der Waals surface area contributed by atoms with Crippen LogP contribution in [-0.4, -0.2) is 41.3 Å². The van der Waals surface area contributed by atoms with E-state index in [-0.39, 0.29) is 11.6 Å². The van der Waals surface area contributed by atoms with E-state index in [2.05, 4.69) is 18.7 Å². The van der Waals surface area contributed by atoms with Crippen LogP contribution in [-0.2, 0) is 0 Å². The molecule has 1 unspecified atom stereocenters. The molecule has 0 saturated carbocycles. The first-order valence-electron chi connectivity index (χ1n) is 5.13. The molecule has 0 amide bonds. The highest BCUT2D eigenvalue weighted by molar-refractivity contribution is 5.01. The summed E-state index contributed by atoms with van der Waals surface area (Å²) in [6, 6.07) is 0. The topological polar surface area (TPSA) is 49.5 Å². The van der Waals surface area contributed by atoms with E-state index in [1.54, 1.807) is 0 Å². The van der Waals surface area contributed by atoms with Crippen LogP contribution in [0.2, 0.25) is 0 Å². The number of hydrogen-bond donors (Lipinski definition) is 2. The van der Waals surface area contributed by atoms with E-state index in [1.807, 2.05) is 6.92 Å². The Balaban J connectivity index is 2.18. The number of nitrogens with zero attached hydrogens (tertiary/aromatic N) is 1. The van der Waals surface area contributed by atoms with Crippen LogP contribution >= 0.6 is 0 Å². The number of likely N-dealkylation sites (tertiary alicyclic amines) is 1. The van der Waals surface area contributed by atoms with Crippen LogP contribution in [0.4, 0.5) is 0 Å². The van der Waals surface area contributed by atoms with Crippen LogP contribution < -0.4 is 5.73 Å². The summed E-state index contributed by atoms with van der Waals surface area (Å²) in [4.78, 5) is 2.31. The van der Waals surface area contributed by atoms with E-state index >= 15 is 0 Å². The number of aliphatic hydroxyl groups is 1. The quantitative estimate of drug-likeness (QED) is 0.669. The molecule has 3 N–H and O–H groups in total. The van der Waals surface area contributed by atoms with Crippen LogP contribution in [0.3, 0.4) is 0 Å². The van der Waals surface area contributed by atoms with Crippen molar-refractivity contribution in [1.82, 2.24) is 4.90 Å². The minimum Gasteiger partial charge on any atom is -0.393 e. The molecule has 0 radical (unpaired) electrons. The molecule has 0 aliphatic carbocycles. The first-order valence-corrected chi connectivity index (χ1v) is 5.13. The lowest BCUT2D eigenvalue weighted by atomic mass is 9.80. The van der Waals surface area contributed by atoms with Crippen molar-refractivity contribution >= 4 is 0 Å². The van der Waals surface area contributed by atoms with Crippen molar-refractivity contribution in [1.29, 1.82) is 0 Å². The van der Waals surface area contributed by atoms with Crippen LogP contribution in [0.25, 0.3) is 0 Å². The summed E-state index contributed by atoms with van der Waals surface area (Å²) in [7, 11) is 0. The monoisotopic (exact) mass is 186 g/mol. The Morgan fingerprint density at radius 1 is 1.38 bits per heavy atom. The zero-order valence-electron chi connectivity index (χ0n) is 8.95. The first-order chi connectivity index (χ1) is 5.94. The molecule has 0 aromatic carbocycles. The summed E-state index contributed by atoms with van der Waals surface area (Å²) in [6.45, 7) is 9.12. The standard InChI is InChI=1S/C10H22N2O/c1-8(2)10(11)6-12(7-10)5-4-9(3)13/h8-9,13H,4-7,11H2,1-3H3. The molecule has 1 saturated heterocycles. The van der Waals surface area contributed by atoms with Crippen molar-refractivity contribution in [3.63, 3.8) is 0 Å². The van der Waals surface area contributed by atoms with Crippen LogP contribution in [0, 0.1) is 5.92 Å². The Morgan fingerprint density at radius 3 is 2.31 bits per heavy atom. The summed E-state index contributed by atoms with van der Waals surface area (Å²) < 4.78 is 0. The molecule has 0 aromatic rings. The van der Waals surface area contributed by atoms with Gasteiger partial charge in [-0.25, -0.2) is 0 Å². The molecular formula is C10H22N2O. The summed E-state index contributed by atoms with van der Waals surface area (Å²) >= 11 is 0. The second kappa shape index (κ2) is 3.95. The minimum absolute atomic E-state index is 0.0265. The maximum Gasteiger partial charge on any atom is 0.0524 e. The fourth-order valence-electron chi connectivity index (χ4n) is 1.68. The number of aliphatic hydroxyl groups excluding tert-OH is 1. The zero-order valence-corrected chi connectivity index (χ0v) is 8.95. The molecule has 1 atom stereocenters. The highest BCUT2D eigenvalue weighted by atomic mass is 16.3. The van der Waals surface area contributed by atoms with Crippen LogP contribution in [0.1, 0.15) is 27.2 Å². The van der Waals surface area contributed by atoms with Gasteiger partial charge in [-0.05, 0) is 19.3 Å². The fourth-order valence-corrected chi connectivity index (χ4v) is 1.68. The molecular weight excluding hydrogens is 164 g/mol. The maximum absolute atomic E-state index is 9.10. The van der Waals surface area contributed by atoms with Crippen LogP contribution in [0.15, 0.2) is 0 Å². The predicted octanol–water partition coefficient (Wildman–Crippen LogP) is 0.426. The molecule has 3 heteroatoms. The van der Waals surface area contributed by atoms with Crippen molar-refractivity contribution in [2.45, 2.75) is 38.8 Å². The maximum atomic E-state index is 9.10. The highest BCUT2D eigenvalue weighted by Crippen LogP contribution is 2.25. The summed E-state index contributed by atoms with van der Waals surface area (Å²) in [5, 5.41) is 9.10. The number of nitrogens with two attached hydrogens (primary N) is 1. The van der Waals surface area contributed by atoms with Crippen molar-refractivity contribution in [3.8, 4) is 0 Å². The lowest BCUT2D eigenvalue weighted by Crippen LogP contribution is -2.70. The Hall–Kier alpha value is -0.120. The molecule has 3 nitrogen and oxygen atoms in total. The van der Waals surface area contributed by atoms with Gasteiger partial charge in [0, 0.05) is 25.2 Å². The zero-order chi connectivity index (χ0) is 10.1. The molecule has 1 aliphatic rings. The van der Waals surface area contributed by atoms with Gasteiger partial charge >= 0.3 is 0 Å². The molecule has 0 aromatic heterocycles. The average Bonchev–Trinajstić information content (AvgIpc) is 1.95. The van der Waals surface area contributed by atoms with Crippen molar-refractivity contribution < 1.29 is 5.11 Å². The lowest BCUT2D eigenvalue weighted by Gasteiger charge is -2.50. The van der Waals surface area contributed by atoms with Gasteiger partial charge in [0.15, 0.2) is 0 Å². The van der Waals surface area contributed by atoms with E-state index in [0.717, 1.165) is 26.1 Å². The third-order valence-corrected chi connectivity index (χ3v) is 3.05. The lowest BCUT2D eigenvalue weighted by molar-refractivity contribution is 0.0269. The van der Waals surface area contributed by atoms with Gasteiger partial charge in [-0.3, -0.25) is 4.90 Å². The SMILES string of the molecule is CC(O)CCN1CC(N)(C(C)C)C1. The molecule has 1 aliphatic heterocycles. The van der Waals surface area contributed by atoms with Crippen LogP contribution in [0.5, 0.6) is 0 Å². The van der Waals surface area contributed by atoms with E-state index in [0.29, 0.717) is 5.92 Å². The van der Waals surface area contributed by atoms with E-state index in [4.69, 9.17) is 10.8 Å². The third-order valence-electron chi connectivity index (χ3n) is 3.05. The van der Waals surface area contributed by atoms with E-state index < -0.39 is 0 Å².